The second-order valence-corrected chi connectivity index (χ2v) is 5.99. The lowest BCUT2D eigenvalue weighted by Gasteiger charge is -2.02. The summed E-state index contributed by atoms with van der Waals surface area (Å²) in [7, 11) is 0. The predicted molar refractivity (Wildman–Crippen MR) is 95.5 cm³/mol. The van der Waals surface area contributed by atoms with Gasteiger partial charge < -0.3 is 9.84 Å². The molecule has 0 bridgehead atoms. The van der Waals surface area contributed by atoms with E-state index in [4.69, 9.17) is 4.52 Å². The fourth-order valence-electron chi connectivity index (χ4n) is 2.73. The van der Waals surface area contributed by atoms with Crippen molar-refractivity contribution in [3.05, 3.63) is 72.1 Å². The maximum Gasteiger partial charge on any atom is 0.273 e. The molecule has 1 N–H and O–H groups in total. The van der Waals surface area contributed by atoms with E-state index in [1.807, 2.05) is 28.8 Å². The van der Waals surface area contributed by atoms with Crippen molar-refractivity contribution >= 4 is 11.6 Å². The fraction of sp³-hybridized carbons (Fsp3) is 0.158. The molecule has 0 saturated carbocycles. The third-order valence-electron chi connectivity index (χ3n) is 4.12. The smallest absolute Gasteiger partial charge is 0.273 e. The van der Waals surface area contributed by atoms with Gasteiger partial charge in [0, 0.05) is 30.8 Å². The number of aryl methyl sites for hydroxylation is 1. The van der Waals surface area contributed by atoms with Crippen molar-refractivity contribution in [1.82, 2.24) is 25.1 Å². The number of halogens is 1. The molecule has 7 nitrogen and oxygen atoms in total. The van der Waals surface area contributed by atoms with Crippen LogP contribution in [-0.4, -0.2) is 32.2 Å². The van der Waals surface area contributed by atoms with Crippen LogP contribution in [-0.2, 0) is 6.42 Å². The summed E-state index contributed by atoms with van der Waals surface area (Å²) in [5, 5.41) is 14.8. The number of nitrogens with zero attached hydrogens (tertiary/aromatic N) is 4. The summed E-state index contributed by atoms with van der Waals surface area (Å²) in [6.07, 6.45) is 3.31. The number of nitrogens with one attached hydrogen (secondary N) is 1. The number of carbonyl (C=O) groups is 1. The molecule has 4 aromatic rings. The first-order valence-electron chi connectivity index (χ1n) is 8.50. The molecule has 0 saturated heterocycles. The first-order chi connectivity index (χ1) is 13.2. The van der Waals surface area contributed by atoms with Crippen molar-refractivity contribution in [2.75, 3.05) is 6.54 Å². The standard InChI is InChI=1S/C19H16FN5O2/c20-14-8-6-13(7-9-14)16-12-15(24-27-16)19(26)21-10-3-5-18-23-22-17-4-1-2-11-25(17)18/h1-2,4,6-9,11-12H,3,5,10H2,(H,21,26). The Labute approximate surface area is 153 Å². The van der Waals surface area contributed by atoms with Crippen LogP contribution in [0.3, 0.4) is 0 Å². The van der Waals surface area contributed by atoms with Crippen LogP contribution in [0.1, 0.15) is 22.7 Å². The van der Waals surface area contributed by atoms with Gasteiger partial charge in [0.05, 0.1) is 0 Å². The number of hydrogen-bond donors (Lipinski definition) is 1. The summed E-state index contributed by atoms with van der Waals surface area (Å²) >= 11 is 0. The van der Waals surface area contributed by atoms with Gasteiger partial charge in [-0.25, -0.2) is 4.39 Å². The van der Waals surface area contributed by atoms with Crippen LogP contribution < -0.4 is 5.32 Å². The van der Waals surface area contributed by atoms with Crippen LogP contribution in [0.2, 0.25) is 0 Å². The molecule has 1 amide bonds. The zero-order chi connectivity index (χ0) is 18.6. The first kappa shape index (κ1) is 16.9. The van der Waals surface area contributed by atoms with Gasteiger partial charge in [-0.1, -0.05) is 11.2 Å². The zero-order valence-electron chi connectivity index (χ0n) is 14.3. The van der Waals surface area contributed by atoms with Gasteiger partial charge in [0.1, 0.15) is 11.6 Å². The Balaban J connectivity index is 1.31. The average Bonchev–Trinajstić information content (AvgIpc) is 3.33. The number of pyridine rings is 1. The number of rotatable bonds is 6. The maximum atomic E-state index is 13.0. The molecular formula is C19H16FN5O2. The van der Waals surface area contributed by atoms with E-state index in [9.17, 15) is 9.18 Å². The SMILES string of the molecule is O=C(NCCCc1nnc2ccccn12)c1cc(-c2ccc(F)cc2)on1. The van der Waals surface area contributed by atoms with Crippen LogP contribution in [0.25, 0.3) is 17.0 Å². The Morgan fingerprint density at radius 1 is 1.15 bits per heavy atom. The van der Waals surface area contributed by atoms with E-state index in [0.717, 1.165) is 11.5 Å². The Morgan fingerprint density at radius 2 is 2.00 bits per heavy atom. The lowest BCUT2D eigenvalue weighted by Crippen LogP contribution is -2.25. The molecule has 3 heterocycles. The summed E-state index contributed by atoms with van der Waals surface area (Å²) < 4.78 is 20.1. The number of hydrogen-bond acceptors (Lipinski definition) is 5. The molecule has 0 spiro atoms. The minimum absolute atomic E-state index is 0.183. The van der Waals surface area contributed by atoms with E-state index in [-0.39, 0.29) is 17.4 Å². The molecule has 0 aliphatic rings. The molecule has 136 valence electrons. The van der Waals surface area contributed by atoms with Crippen molar-refractivity contribution < 1.29 is 13.7 Å². The molecule has 0 radical (unpaired) electrons. The monoisotopic (exact) mass is 365 g/mol. The molecule has 3 aromatic heterocycles. The lowest BCUT2D eigenvalue weighted by molar-refractivity contribution is 0.0944. The van der Waals surface area contributed by atoms with Gasteiger partial charge in [0.15, 0.2) is 17.1 Å². The summed E-state index contributed by atoms with van der Waals surface area (Å²) in [5.41, 5.74) is 1.64. The van der Waals surface area contributed by atoms with Gasteiger partial charge in [0.25, 0.3) is 5.91 Å². The van der Waals surface area contributed by atoms with Gasteiger partial charge in [-0.05, 0) is 42.8 Å². The molecule has 0 unspecified atom stereocenters. The minimum atomic E-state index is -0.336. The third-order valence-corrected chi connectivity index (χ3v) is 4.12. The maximum absolute atomic E-state index is 13.0. The summed E-state index contributed by atoms with van der Waals surface area (Å²) in [5.74, 6) is 0.602. The van der Waals surface area contributed by atoms with Crippen LogP contribution in [0, 0.1) is 5.82 Å². The molecule has 27 heavy (non-hydrogen) atoms. The van der Waals surface area contributed by atoms with Crippen molar-refractivity contribution in [1.29, 1.82) is 0 Å². The quantitative estimate of drug-likeness (QED) is 0.531. The van der Waals surface area contributed by atoms with Crippen LogP contribution in [0.5, 0.6) is 0 Å². The molecule has 1 aromatic carbocycles. The summed E-state index contributed by atoms with van der Waals surface area (Å²) in [6.45, 7) is 0.472. The zero-order valence-corrected chi connectivity index (χ0v) is 14.3. The number of benzene rings is 1. The topological polar surface area (TPSA) is 85.3 Å². The third kappa shape index (κ3) is 3.69. The van der Waals surface area contributed by atoms with Crippen molar-refractivity contribution in [3.8, 4) is 11.3 Å². The summed E-state index contributed by atoms with van der Waals surface area (Å²) in [4.78, 5) is 12.2. The second kappa shape index (κ2) is 7.36. The van der Waals surface area contributed by atoms with Crippen molar-refractivity contribution in [3.63, 3.8) is 0 Å². The van der Waals surface area contributed by atoms with Gasteiger partial charge >= 0.3 is 0 Å². The van der Waals surface area contributed by atoms with E-state index in [1.165, 1.54) is 18.2 Å². The number of amides is 1. The molecular weight excluding hydrogens is 349 g/mol. The van der Waals surface area contributed by atoms with E-state index >= 15 is 0 Å². The van der Waals surface area contributed by atoms with Gasteiger partial charge in [-0.15, -0.1) is 10.2 Å². The lowest BCUT2D eigenvalue weighted by atomic mass is 10.1. The average molecular weight is 365 g/mol. The van der Waals surface area contributed by atoms with Gasteiger partial charge in [-0.3, -0.25) is 9.20 Å². The summed E-state index contributed by atoms with van der Waals surface area (Å²) in [6, 6.07) is 13.0. The van der Waals surface area contributed by atoms with E-state index in [1.54, 1.807) is 12.1 Å². The molecule has 0 aliphatic carbocycles. The molecule has 0 aliphatic heterocycles. The van der Waals surface area contributed by atoms with Gasteiger partial charge in [-0.2, -0.15) is 0 Å². The van der Waals surface area contributed by atoms with Crippen molar-refractivity contribution in [2.24, 2.45) is 0 Å². The highest BCUT2D eigenvalue weighted by atomic mass is 19.1. The normalized spacial score (nSPS) is 11.0. The molecule has 8 heteroatoms. The highest BCUT2D eigenvalue weighted by Gasteiger charge is 2.13. The van der Waals surface area contributed by atoms with E-state index in [0.29, 0.717) is 30.7 Å². The Kier molecular flexibility index (Phi) is 4.61. The molecule has 0 fully saturated rings. The highest BCUT2D eigenvalue weighted by molar-refractivity contribution is 5.93. The molecule has 0 atom stereocenters. The minimum Gasteiger partial charge on any atom is -0.355 e. The van der Waals surface area contributed by atoms with Crippen LogP contribution in [0.4, 0.5) is 4.39 Å². The van der Waals surface area contributed by atoms with E-state index < -0.39 is 0 Å². The highest BCUT2D eigenvalue weighted by Crippen LogP contribution is 2.20. The Morgan fingerprint density at radius 3 is 2.85 bits per heavy atom. The van der Waals surface area contributed by atoms with Gasteiger partial charge in [0.2, 0.25) is 0 Å². The Hall–Kier alpha value is -3.55. The van der Waals surface area contributed by atoms with Crippen LogP contribution >= 0.6 is 0 Å². The second-order valence-electron chi connectivity index (χ2n) is 5.99. The number of fused-ring (bicyclic) bond motifs is 1. The largest absolute Gasteiger partial charge is 0.355 e. The van der Waals surface area contributed by atoms with Crippen molar-refractivity contribution in [2.45, 2.75) is 12.8 Å². The Bertz CT molecular complexity index is 1070. The number of aromatic nitrogens is 4. The molecule has 4 rings (SSSR count). The number of carbonyl (C=O) groups excluding carboxylic acids is 1. The van der Waals surface area contributed by atoms with Crippen LogP contribution in [0.15, 0.2) is 59.3 Å². The first-order valence-corrected chi connectivity index (χ1v) is 8.50. The fourth-order valence-corrected chi connectivity index (χ4v) is 2.73. The predicted octanol–water partition coefficient (Wildman–Crippen LogP) is 2.89. The van der Waals surface area contributed by atoms with E-state index in [2.05, 4.69) is 20.7 Å².